The molecule has 0 bridgehead atoms. The molecule has 1 N–H and O–H groups in total. The van der Waals surface area contributed by atoms with Gasteiger partial charge in [-0.25, -0.2) is 9.78 Å². The molecule has 10 heteroatoms. The number of aromatic nitrogens is 2. The van der Waals surface area contributed by atoms with Gasteiger partial charge in [0.15, 0.2) is 11.9 Å². The highest BCUT2D eigenvalue weighted by molar-refractivity contribution is 5.86. The van der Waals surface area contributed by atoms with Crippen molar-refractivity contribution in [2.45, 2.75) is 13.0 Å². The van der Waals surface area contributed by atoms with Gasteiger partial charge < -0.3 is 9.84 Å². The zero-order chi connectivity index (χ0) is 24.2. The van der Waals surface area contributed by atoms with Crippen molar-refractivity contribution in [2.24, 2.45) is 5.10 Å². The zero-order valence-corrected chi connectivity index (χ0v) is 17.9. The van der Waals surface area contributed by atoms with Gasteiger partial charge in [-0.1, -0.05) is 42.5 Å². The number of non-ortho nitro benzene ring substituents is 1. The first kappa shape index (κ1) is 22.3. The Morgan fingerprint density at radius 3 is 2.56 bits per heavy atom. The summed E-state index contributed by atoms with van der Waals surface area (Å²) in [6, 6.07) is 19.5. The summed E-state index contributed by atoms with van der Waals surface area (Å²) in [4.78, 5) is 39.7. The van der Waals surface area contributed by atoms with Gasteiger partial charge in [-0.2, -0.15) is 9.78 Å². The third-order valence-corrected chi connectivity index (χ3v) is 4.95. The van der Waals surface area contributed by atoms with Crippen molar-refractivity contribution in [3.63, 3.8) is 0 Å². The Kier molecular flexibility index (Phi) is 6.13. The molecule has 0 aliphatic rings. The van der Waals surface area contributed by atoms with Crippen LogP contribution in [0.4, 0.5) is 5.69 Å². The lowest BCUT2D eigenvalue weighted by Gasteiger charge is -2.13. The van der Waals surface area contributed by atoms with Crippen LogP contribution in [0.25, 0.3) is 22.3 Å². The summed E-state index contributed by atoms with van der Waals surface area (Å²) in [7, 11) is 0. The molecule has 0 spiro atoms. The van der Waals surface area contributed by atoms with Crippen molar-refractivity contribution in [3.05, 3.63) is 98.8 Å². The number of fused-ring (bicyclic) bond motifs is 1. The molecular formula is C24H18N4O6. The minimum Gasteiger partial charge on any atom is -0.479 e. The summed E-state index contributed by atoms with van der Waals surface area (Å²) >= 11 is 0. The number of nitro benzene ring substituents is 1. The van der Waals surface area contributed by atoms with E-state index < -0.39 is 22.6 Å². The maximum atomic E-state index is 13.3. The van der Waals surface area contributed by atoms with E-state index in [1.165, 1.54) is 31.3 Å². The molecular weight excluding hydrogens is 440 g/mol. The molecule has 1 heterocycles. The highest BCUT2D eigenvalue weighted by atomic mass is 16.6. The maximum absolute atomic E-state index is 13.3. The van der Waals surface area contributed by atoms with E-state index in [2.05, 4.69) is 10.1 Å². The molecule has 1 atom stereocenters. The highest BCUT2D eigenvalue weighted by Crippen LogP contribution is 2.25. The molecule has 4 rings (SSSR count). The number of hydrogen-bond donors (Lipinski definition) is 1. The predicted molar refractivity (Wildman–Crippen MR) is 125 cm³/mol. The fourth-order valence-corrected chi connectivity index (χ4v) is 3.22. The Hall–Kier alpha value is -4.86. The number of carbonyl (C=O) groups is 1. The molecule has 3 aromatic carbocycles. The Morgan fingerprint density at radius 2 is 1.85 bits per heavy atom. The number of nitro groups is 1. The van der Waals surface area contributed by atoms with Crippen molar-refractivity contribution < 1.29 is 19.6 Å². The maximum Gasteiger partial charge on any atom is 0.344 e. The number of rotatable bonds is 7. The number of para-hydroxylation sites is 1. The highest BCUT2D eigenvalue weighted by Gasteiger charge is 2.18. The lowest BCUT2D eigenvalue weighted by atomic mass is 10.2. The second-order valence-electron chi connectivity index (χ2n) is 7.26. The molecule has 0 radical (unpaired) electrons. The van der Waals surface area contributed by atoms with E-state index in [9.17, 15) is 19.7 Å². The van der Waals surface area contributed by atoms with Gasteiger partial charge in [0.05, 0.1) is 22.0 Å². The van der Waals surface area contributed by atoms with E-state index in [-0.39, 0.29) is 22.8 Å². The minimum atomic E-state index is -1.21. The van der Waals surface area contributed by atoms with E-state index in [4.69, 9.17) is 9.84 Å². The number of ether oxygens (including phenoxy) is 1. The fourth-order valence-electron chi connectivity index (χ4n) is 3.22. The van der Waals surface area contributed by atoms with Crippen molar-refractivity contribution in [2.75, 3.05) is 0 Å². The quantitative estimate of drug-likeness (QED) is 0.253. The van der Waals surface area contributed by atoms with Crippen LogP contribution in [0.3, 0.4) is 0 Å². The number of aliphatic carboxylic acids is 1. The summed E-state index contributed by atoms with van der Waals surface area (Å²) < 4.78 is 6.53. The molecule has 0 aliphatic heterocycles. The van der Waals surface area contributed by atoms with Crippen LogP contribution in [0.2, 0.25) is 0 Å². The molecule has 0 saturated carbocycles. The number of hydrogen-bond acceptors (Lipinski definition) is 7. The number of benzene rings is 3. The number of nitrogens with zero attached hydrogens (tertiary/aromatic N) is 4. The lowest BCUT2D eigenvalue weighted by molar-refractivity contribution is -0.384. The summed E-state index contributed by atoms with van der Waals surface area (Å²) in [6.07, 6.45) is -0.000161. The first-order chi connectivity index (χ1) is 16.3. The van der Waals surface area contributed by atoms with Crippen LogP contribution in [-0.4, -0.2) is 38.0 Å². The van der Waals surface area contributed by atoms with Crippen LogP contribution in [0, 0.1) is 10.1 Å². The Morgan fingerprint density at radius 1 is 1.15 bits per heavy atom. The minimum absolute atomic E-state index is 0.0623. The van der Waals surface area contributed by atoms with E-state index in [1.54, 1.807) is 48.5 Å². The van der Waals surface area contributed by atoms with Crippen LogP contribution in [0.1, 0.15) is 12.5 Å². The van der Waals surface area contributed by atoms with Crippen molar-refractivity contribution in [1.29, 1.82) is 0 Å². The molecule has 1 aromatic heterocycles. The van der Waals surface area contributed by atoms with Gasteiger partial charge in [0.2, 0.25) is 0 Å². The Balaban J connectivity index is 1.89. The first-order valence-corrected chi connectivity index (χ1v) is 10.1. The zero-order valence-electron chi connectivity index (χ0n) is 17.9. The van der Waals surface area contributed by atoms with E-state index in [0.29, 0.717) is 16.5 Å². The van der Waals surface area contributed by atoms with Crippen LogP contribution < -0.4 is 10.3 Å². The molecule has 0 saturated heterocycles. The molecule has 4 aromatic rings. The monoisotopic (exact) mass is 458 g/mol. The average molecular weight is 458 g/mol. The molecule has 10 nitrogen and oxygen atoms in total. The van der Waals surface area contributed by atoms with Crippen LogP contribution in [0.15, 0.2) is 82.7 Å². The molecule has 34 heavy (non-hydrogen) atoms. The fraction of sp³-hybridized carbons (Fsp3) is 0.0833. The van der Waals surface area contributed by atoms with Crippen molar-refractivity contribution in [3.8, 4) is 17.1 Å². The standard InChI is InChI=1S/C24H18N4O6/c1-15(24(30)31)34-21-12-11-18(28(32)33)13-17(21)14-25-27-22(16-7-3-2-4-8-16)26-20-10-6-5-9-19(20)23(27)29/h2-15H,1H3,(H,30,31)/t15-/m1/s1. The second kappa shape index (κ2) is 9.33. The topological polar surface area (TPSA) is 137 Å². The molecule has 170 valence electrons. The van der Waals surface area contributed by atoms with E-state index in [0.717, 1.165) is 4.68 Å². The average Bonchev–Trinajstić information content (AvgIpc) is 2.84. The lowest BCUT2D eigenvalue weighted by Crippen LogP contribution is -2.23. The summed E-state index contributed by atoms with van der Waals surface area (Å²) in [6.45, 7) is 1.33. The van der Waals surface area contributed by atoms with Crippen molar-refractivity contribution >= 4 is 28.8 Å². The third kappa shape index (κ3) is 4.51. The van der Waals surface area contributed by atoms with E-state index in [1.807, 2.05) is 6.07 Å². The molecule has 0 amide bonds. The van der Waals surface area contributed by atoms with Gasteiger partial charge in [0, 0.05) is 23.3 Å². The largest absolute Gasteiger partial charge is 0.479 e. The van der Waals surface area contributed by atoms with Crippen LogP contribution >= 0.6 is 0 Å². The third-order valence-electron chi connectivity index (χ3n) is 4.95. The first-order valence-electron chi connectivity index (χ1n) is 10.1. The van der Waals surface area contributed by atoms with Crippen molar-refractivity contribution in [1.82, 2.24) is 9.66 Å². The van der Waals surface area contributed by atoms with Gasteiger partial charge in [-0.3, -0.25) is 14.9 Å². The SMILES string of the molecule is C[C@@H](Oc1ccc([N+](=O)[O-])cc1C=Nn1c(-c2ccccc2)nc2ccccc2c1=O)C(=O)O. The summed E-state index contributed by atoms with van der Waals surface area (Å²) in [5.74, 6) is -0.873. The second-order valence-corrected chi connectivity index (χ2v) is 7.26. The number of carboxylic acid groups (broad SMARTS) is 1. The van der Waals surface area contributed by atoms with Crippen LogP contribution in [-0.2, 0) is 4.79 Å². The number of carboxylic acids is 1. The van der Waals surface area contributed by atoms with Gasteiger partial charge in [0.25, 0.3) is 11.2 Å². The van der Waals surface area contributed by atoms with E-state index >= 15 is 0 Å². The van der Waals surface area contributed by atoms with Gasteiger partial charge in [0.1, 0.15) is 5.75 Å². The summed E-state index contributed by atoms with van der Waals surface area (Å²) in [5, 5.41) is 25.1. The van der Waals surface area contributed by atoms with Gasteiger partial charge >= 0.3 is 5.97 Å². The molecule has 0 unspecified atom stereocenters. The molecule has 0 fully saturated rings. The molecule has 0 aliphatic carbocycles. The van der Waals surface area contributed by atoms with Gasteiger partial charge in [-0.15, -0.1) is 0 Å². The normalized spacial score (nSPS) is 12.0. The van der Waals surface area contributed by atoms with Crippen LogP contribution in [0.5, 0.6) is 5.75 Å². The Bertz CT molecular complexity index is 1480. The Labute approximate surface area is 192 Å². The predicted octanol–water partition coefficient (Wildman–Crippen LogP) is 3.71. The smallest absolute Gasteiger partial charge is 0.344 e. The summed E-state index contributed by atoms with van der Waals surface area (Å²) in [5.41, 5.74) is 0.572. The van der Waals surface area contributed by atoms with Gasteiger partial charge in [-0.05, 0) is 25.1 Å².